The lowest BCUT2D eigenvalue weighted by Crippen LogP contribution is -2.70. The summed E-state index contributed by atoms with van der Waals surface area (Å²) < 4.78 is 16.4. The van der Waals surface area contributed by atoms with Gasteiger partial charge in [0.15, 0.2) is 11.9 Å². The topological polar surface area (TPSA) is 68.2 Å². The van der Waals surface area contributed by atoms with Crippen molar-refractivity contribution in [3.63, 3.8) is 0 Å². The molecule has 3 unspecified atom stereocenters. The van der Waals surface area contributed by atoms with Crippen LogP contribution in [0.5, 0.6) is 5.75 Å². The van der Waals surface area contributed by atoms with Crippen molar-refractivity contribution in [1.29, 1.82) is 0 Å². The predicted molar refractivity (Wildman–Crippen MR) is 75.2 cm³/mol. The first-order chi connectivity index (χ1) is 9.93. The van der Waals surface area contributed by atoms with E-state index < -0.39 is 17.9 Å². The van der Waals surface area contributed by atoms with E-state index in [1.807, 2.05) is 13.8 Å². The second kappa shape index (κ2) is 4.98. The van der Waals surface area contributed by atoms with Crippen molar-refractivity contribution in [3.05, 3.63) is 24.3 Å². The number of amides is 1. The molecule has 0 spiro atoms. The molecule has 114 valence electrons. The van der Waals surface area contributed by atoms with E-state index >= 15 is 0 Å². The predicted octanol–water partition coefficient (Wildman–Crippen LogP) is 0.923. The number of rotatable bonds is 3. The number of nitrogens with zero attached hydrogens (tertiary/aromatic N) is 1. The highest BCUT2D eigenvalue weighted by atomic mass is 16.7. The zero-order valence-electron chi connectivity index (χ0n) is 12.3. The van der Waals surface area contributed by atoms with Gasteiger partial charge in [-0.15, -0.1) is 0 Å². The van der Waals surface area contributed by atoms with Gasteiger partial charge in [0.05, 0.1) is 13.7 Å². The van der Waals surface area contributed by atoms with E-state index in [-0.39, 0.29) is 12.0 Å². The summed E-state index contributed by atoms with van der Waals surface area (Å²) in [7, 11) is 1.59. The fraction of sp³-hybridized carbons (Fsp3) is 0.533. The zero-order valence-corrected chi connectivity index (χ0v) is 12.3. The van der Waals surface area contributed by atoms with Crippen LogP contribution >= 0.6 is 0 Å². The zero-order chi connectivity index (χ0) is 15.2. The average Bonchev–Trinajstić information content (AvgIpc) is 2.83. The Labute approximate surface area is 123 Å². The van der Waals surface area contributed by atoms with Gasteiger partial charge in [-0.2, -0.15) is 0 Å². The molecule has 0 radical (unpaired) electrons. The van der Waals surface area contributed by atoms with Gasteiger partial charge in [-0.05, 0) is 38.1 Å². The Kier molecular flexibility index (Phi) is 3.39. The Balaban J connectivity index is 1.81. The molecular weight excluding hydrogens is 274 g/mol. The van der Waals surface area contributed by atoms with E-state index in [2.05, 4.69) is 0 Å². The summed E-state index contributed by atoms with van der Waals surface area (Å²) >= 11 is 0. The quantitative estimate of drug-likeness (QED) is 0.839. The molecule has 2 aliphatic heterocycles. The molecule has 1 N–H and O–H groups in total. The molecule has 2 saturated heterocycles. The van der Waals surface area contributed by atoms with Crippen molar-refractivity contribution < 1.29 is 24.1 Å². The maximum atomic E-state index is 12.0. The summed E-state index contributed by atoms with van der Waals surface area (Å²) in [4.78, 5) is 13.5. The van der Waals surface area contributed by atoms with Gasteiger partial charge in [0, 0.05) is 5.69 Å². The minimum Gasteiger partial charge on any atom is -0.497 e. The number of carbonyl (C=O) groups excluding carboxylic acids is 1. The third-order valence-electron chi connectivity index (χ3n) is 3.87. The Hall–Kier alpha value is -1.63. The molecule has 1 amide bonds. The third kappa shape index (κ3) is 2.39. The van der Waals surface area contributed by atoms with Gasteiger partial charge in [-0.25, -0.2) is 0 Å². The summed E-state index contributed by atoms with van der Waals surface area (Å²) in [6.45, 7) is 3.99. The molecule has 1 aromatic rings. The molecule has 0 saturated carbocycles. The maximum absolute atomic E-state index is 12.0. The first-order valence-corrected chi connectivity index (χ1v) is 6.90. The molecule has 2 fully saturated rings. The first kappa shape index (κ1) is 14.3. The van der Waals surface area contributed by atoms with Gasteiger partial charge in [0.2, 0.25) is 0 Å². The van der Waals surface area contributed by atoms with Crippen LogP contribution in [-0.2, 0) is 14.3 Å². The van der Waals surface area contributed by atoms with E-state index in [9.17, 15) is 9.90 Å². The molecule has 6 nitrogen and oxygen atoms in total. The molecule has 21 heavy (non-hydrogen) atoms. The Morgan fingerprint density at radius 3 is 2.52 bits per heavy atom. The minimum atomic E-state index is -1.05. The van der Waals surface area contributed by atoms with E-state index in [0.29, 0.717) is 18.0 Å². The highest BCUT2D eigenvalue weighted by Gasteiger charge is 2.54. The number of ether oxygens (including phenoxy) is 3. The number of aliphatic hydroxyl groups is 1. The average molecular weight is 293 g/mol. The smallest absolute Gasteiger partial charge is 0.258 e. The highest BCUT2D eigenvalue weighted by molar-refractivity contribution is 6.04. The number of hydrogen-bond donors (Lipinski definition) is 1. The lowest BCUT2D eigenvalue weighted by molar-refractivity contribution is -0.158. The third-order valence-corrected chi connectivity index (χ3v) is 3.87. The normalized spacial score (nSPS) is 31.1. The van der Waals surface area contributed by atoms with E-state index in [1.54, 1.807) is 36.3 Å². The van der Waals surface area contributed by atoms with Crippen LogP contribution in [0.4, 0.5) is 5.69 Å². The summed E-state index contributed by atoms with van der Waals surface area (Å²) in [6.07, 6.45) is -1.38. The number of hydrogen-bond acceptors (Lipinski definition) is 5. The van der Waals surface area contributed by atoms with Crippen molar-refractivity contribution in [2.75, 3.05) is 18.6 Å². The second-order valence-electron chi connectivity index (χ2n) is 5.71. The summed E-state index contributed by atoms with van der Waals surface area (Å²) in [5.74, 6) is -0.293. The molecule has 0 aromatic heterocycles. The molecule has 0 bridgehead atoms. The number of aliphatic hydroxyl groups excluding tert-OH is 1. The van der Waals surface area contributed by atoms with Gasteiger partial charge in [-0.3, -0.25) is 4.79 Å². The number of carbonyl (C=O) groups is 1. The van der Waals surface area contributed by atoms with Gasteiger partial charge in [0.25, 0.3) is 5.91 Å². The van der Waals surface area contributed by atoms with Crippen molar-refractivity contribution in [3.8, 4) is 5.75 Å². The molecule has 1 aromatic carbocycles. The van der Waals surface area contributed by atoms with Crippen LogP contribution in [-0.4, -0.2) is 48.8 Å². The van der Waals surface area contributed by atoms with E-state index in [1.165, 1.54) is 0 Å². The Morgan fingerprint density at radius 2 is 2.00 bits per heavy atom. The van der Waals surface area contributed by atoms with Crippen LogP contribution in [0, 0.1) is 0 Å². The largest absolute Gasteiger partial charge is 0.497 e. The van der Waals surface area contributed by atoms with Crippen molar-refractivity contribution in [1.82, 2.24) is 0 Å². The summed E-state index contributed by atoms with van der Waals surface area (Å²) in [6, 6.07) is 6.71. The maximum Gasteiger partial charge on any atom is 0.258 e. The fourth-order valence-corrected chi connectivity index (χ4v) is 2.79. The van der Waals surface area contributed by atoms with Crippen LogP contribution in [0.2, 0.25) is 0 Å². The molecule has 2 heterocycles. The minimum absolute atomic E-state index is 0.321. The summed E-state index contributed by atoms with van der Waals surface area (Å²) in [5.41, 5.74) is 0.712. The van der Waals surface area contributed by atoms with Crippen LogP contribution in [0.1, 0.15) is 13.8 Å². The fourth-order valence-electron chi connectivity index (χ4n) is 2.79. The first-order valence-electron chi connectivity index (χ1n) is 6.90. The lowest BCUT2D eigenvalue weighted by Gasteiger charge is -2.46. The van der Waals surface area contributed by atoms with Crippen molar-refractivity contribution in [2.24, 2.45) is 0 Å². The lowest BCUT2D eigenvalue weighted by atomic mass is 9.92. The van der Waals surface area contributed by atoms with Gasteiger partial charge in [-0.1, -0.05) is 0 Å². The monoisotopic (exact) mass is 293 g/mol. The van der Waals surface area contributed by atoms with Gasteiger partial charge in [0.1, 0.15) is 17.9 Å². The van der Waals surface area contributed by atoms with Crippen LogP contribution in [0.3, 0.4) is 0 Å². The molecule has 3 rings (SSSR count). The second-order valence-corrected chi connectivity index (χ2v) is 5.71. The SMILES string of the molecule is COc1ccc(N2C(=O)C(O)C2C2COC(C)(C)O2)cc1. The van der Waals surface area contributed by atoms with Gasteiger partial charge < -0.3 is 24.2 Å². The van der Waals surface area contributed by atoms with E-state index in [0.717, 1.165) is 0 Å². The van der Waals surface area contributed by atoms with Crippen molar-refractivity contribution in [2.45, 2.75) is 37.9 Å². The van der Waals surface area contributed by atoms with Crippen molar-refractivity contribution >= 4 is 11.6 Å². The highest BCUT2D eigenvalue weighted by Crippen LogP contribution is 2.36. The van der Waals surface area contributed by atoms with Gasteiger partial charge >= 0.3 is 0 Å². The number of anilines is 1. The Morgan fingerprint density at radius 1 is 1.33 bits per heavy atom. The van der Waals surface area contributed by atoms with Crippen LogP contribution in [0.25, 0.3) is 0 Å². The summed E-state index contributed by atoms with van der Waals surface area (Å²) in [5, 5.41) is 9.99. The molecule has 3 atom stereocenters. The van der Waals surface area contributed by atoms with E-state index in [4.69, 9.17) is 14.2 Å². The molecule has 0 aliphatic carbocycles. The number of β-lactam (4-membered cyclic amide) rings is 1. The molecular formula is C15H19NO5. The van der Waals surface area contributed by atoms with Crippen LogP contribution in [0.15, 0.2) is 24.3 Å². The molecule has 2 aliphatic rings. The number of benzene rings is 1. The standard InChI is InChI=1S/C15H19NO5/c1-15(2)20-8-11(21-15)12-13(17)14(18)16(12)9-4-6-10(19-3)7-5-9/h4-7,11-13,17H,8H2,1-3H3. The van der Waals surface area contributed by atoms with Crippen LogP contribution < -0.4 is 9.64 Å². The Bertz CT molecular complexity index is 541. The molecule has 6 heteroatoms. The number of methoxy groups -OCH3 is 1.